The number of ether oxygens (including phenoxy) is 1. The van der Waals surface area contributed by atoms with Crippen LogP contribution in [-0.2, 0) is 4.74 Å². The van der Waals surface area contributed by atoms with Crippen molar-refractivity contribution in [2.24, 2.45) is 0 Å². The highest BCUT2D eigenvalue weighted by Gasteiger charge is 2.19. The van der Waals surface area contributed by atoms with Crippen molar-refractivity contribution < 1.29 is 9.53 Å². The zero-order valence-electron chi connectivity index (χ0n) is 10.5. The second-order valence-electron chi connectivity index (χ2n) is 4.44. The molecule has 1 N–H and O–H groups in total. The van der Waals surface area contributed by atoms with Crippen LogP contribution in [0.5, 0.6) is 0 Å². The van der Waals surface area contributed by atoms with Crippen molar-refractivity contribution in [3.8, 4) is 0 Å². The van der Waals surface area contributed by atoms with E-state index in [9.17, 15) is 4.79 Å². The molecule has 0 bridgehead atoms. The van der Waals surface area contributed by atoms with Gasteiger partial charge in [0.2, 0.25) is 0 Å². The lowest BCUT2D eigenvalue weighted by atomic mass is 10.1. The van der Waals surface area contributed by atoms with Gasteiger partial charge in [0.1, 0.15) is 0 Å². The smallest absolute Gasteiger partial charge is 0.317 e. The van der Waals surface area contributed by atoms with Crippen molar-refractivity contribution in [1.29, 1.82) is 0 Å². The lowest BCUT2D eigenvalue weighted by Crippen LogP contribution is -2.48. The average Bonchev–Trinajstić information content (AvgIpc) is 2.31. The summed E-state index contributed by atoms with van der Waals surface area (Å²) in [5, 5.41) is 3.05. The molecule has 0 aromatic carbocycles. The first-order chi connectivity index (χ1) is 7.77. The fourth-order valence-corrected chi connectivity index (χ4v) is 2.11. The molecule has 0 aromatic heterocycles. The van der Waals surface area contributed by atoms with E-state index < -0.39 is 0 Å². The number of methoxy groups -OCH3 is 1. The topological polar surface area (TPSA) is 41.6 Å². The molecule has 2 amide bonds. The number of rotatable bonds is 5. The van der Waals surface area contributed by atoms with E-state index >= 15 is 0 Å². The highest BCUT2D eigenvalue weighted by atomic mass is 16.5. The molecule has 1 fully saturated rings. The van der Waals surface area contributed by atoms with Gasteiger partial charge in [0.25, 0.3) is 0 Å². The van der Waals surface area contributed by atoms with E-state index in [1.807, 2.05) is 4.90 Å². The molecule has 4 nitrogen and oxygen atoms in total. The van der Waals surface area contributed by atoms with E-state index in [0.717, 1.165) is 38.8 Å². The van der Waals surface area contributed by atoms with Gasteiger partial charge >= 0.3 is 6.03 Å². The maximum Gasteiger partial charge on any atom is 0.317 e. The molecule has 1 saturated heterocycles. The Balaban J connectivity index is 2.33. The maximum absolute atomic E-state index is 11.9. The fraction of sp³-hybridized carbons (Fsp3) is 0.917. The van der Waals surface area contributed by atoms with Crippen LogP contribution >= 0.6 is 0 Å². The molecule has 0 spiro atoms. The van der Waals surface area contributed by atoms with Gasteiger partial charge < -0.3 is 15.0 Å². The Hall–Kier alpha value is -0.770. The largest absolute Gasteiger partial charge is 0.383 e. The number of carbonyl (C=O) groups excluding carboxylic acids is 1. The van der Waals surface area contributed by atoms with Crippen LogP contribution in [0.1, 0.15) is 39.0 Å². The number of likely N-dealkylation sites (tertiary alicyclic amines) is 1. The Labute approximate surface area is 98.3 Å². The van der Waals surface area contributed by atoms with Crippen molar-refractivity contribution in [3.05, 3.63) is 0 Å². The Morgan fingerprint density at radius 2 is 2.06 bits per heavy atom. The molecule has 0 radical (unpaired) electrons. The summed E-state index contributed by atoms with van der Waals surface area (Å²) in [5.74, 6) is 0. The van der Waals surface area contributed by atoms with Gasteiger partial charge in [-0.1, -0.05) is 13.3 Å². The van der Waals surface area contributed by atoms with E-state index in [4.69, 9.17) is 4.74 Å². The van der Waals surface area contributed by atoms with Gasteiger partial charge in [-0.25, -0.2) is 4.79 Å². The maximum atomic E-state index is 11.9. The number of piperidine rings is 1. The van der Waals surface area contributed by atoms with Gasteiger partial charge in [-0.3, -0.25) is 0 Å². The Bertz CT molecular complexity index is 197. The van der Waals surface area contributed by atoms with Crippen molar-refractivity contribution in [3.63, 3.8) is 0 Å². The monoisotopic (exact) mass is 228 g/mol. The van der Waals surface area contributed by atoms with E-state index in [1.54, 1.807) is 7.11 Å². The van der Waals surface area contributed by atoms with E-state index in [0.29, 0.717) is 6.61 Å². The average molecular weight is 228 g/mol. The molecule has 4 heteroatoms. The molecule has 0 aliphatic carbocycles. The van der Waals surface area contributed by atoms with Crippen molar-refractivity contribution >= 4 is 6.03 Å². The number of nitrogens with one attached hydrogen (secondary N) is 1. The third-order valence-corrected chi connectivity index (χ3v) is 2.98. The molecule has 0 saturated carbocycles. The van der Waals surface area contributed by atoms with Crippen LogP contribution in [0.4, 0.5) is 4.79 Å². The van der Waals surface area contributed by atoms with Crippen LogP contribution < -0.4 is 5.32 Å². The predicted octanol–water partition coefficient (Wildman–Crippen LogP) is 2.00. The quantitative estimate of drug-likeness (QED) is 0.782. The first kappa shape index (κ1) is 13.3. The van der Waals surface area contributed by atoms with Crippen LogP contribution in [-0.4, -0.2) is 43.8 Å². The van der Waals surface area contributed by atoms with Gasteiger partial charge in [0, 0.05) is 20.2 Å². The summed E-state index contributed by atoms with van der Waals surface area (Å²) in [6.07, 6.45) is 5.56. The summed E-state index contributed by atoms with van der Waals surface area (Å²) < 4.78 is 5.11. The molecular formula is C12H24N2O2. The number of amides is 2. The predicted molar refractivity (Wildman–Crippen MR) is 64.5 cm³/mol. The highest BCUT2D eigenvalue weighted by Crippen LogP contribution is 2.09. The van der Waals surface area contributed by atoms with Gasteiger partial charge in [-0.2, -0.15) is 0 Å². The standard InChI is InChI=1S/C12H24N2O2/c1-3-7-11(10-16-2)13-12(15)14-8-5-4-6-9-14/h11H,3-10H2,1-2H3,(H,13,15). The molecule has 94 valence electrons. The zero-order chi connectivity index (χ0) is 11.8. The summed E-state index contributed by atoms with van der Waals surface area (Å²) in [4.78, 5) is 13.8. The molecule has 1 heterocycles. The van der Waals surface area contributed by atoms with E-state index in [-0.39, 0.29) is 12.1 Å². The normalized spacial score (nSPS) is 18.2. The fourth-order valence-electron chi connectivity index (χ4n) is 2.11. The van der Waals surface area contributed by atoms with Crippen LogP contribution in [0.2, 0.25) is 0 Å². The lowest BCUT2D eigenvalue weighted by Gasteiger charge is -2.29. The minimum atomic E-state index is 0.0789. The zero-order valence-corrected chi connectivity index (χ0v) is 10.5. The first-order valence-electron chi connectivity index (χ1n) is 6.32. The summed E-state index contributed by atoms with van der Waals surface area (Å²) in [6.45, 7) is 4.53. The van der Waals surface area contributed by atoms with Gasteiger partial charge in [-0.15, -0.1) is 0 Å². The highest BCUT2D eigenvalue weighted by molar-refractivity contribution is 5.74. The number of hydrogen-bond acceptors (Lipinski definition) is 2. The van der Waals surface area contributed by atoms with Gasteiger partial charge in [0.15, 0.2) is 0 Å². The third kappa shape index (κ3) is 4.39. The Kier molecular flexibility index (Phi) is 6.23. The number of hydrogen-bond donors (Lipinski definition) is 1. The van der Waals surface area contributed by atoms with E-state index in [1.165, 1.54) is 6.42 Å². The molecule has 0 aromatic rings. The van der Waals surface area contributed by atoms with Crippen LogP contribution in [0.3, 0.4) is 0 Å². The summed E-state index contributed by atoms with van der Waals surface area (Å²) >= 11 is 0. The van der Waals surface area contributed by atoms with Gasteiger partial charge in [0.05, 0.1) is 12.6 Å². The SMILES string of the molecule is CCCC(COC)NC(=O)N1CCCCC1. The molecule has 1 atom stereocenters. The molecule has 1 rings (SSSR count). The number of carbonyl (C=O) groups is 1. The summed E-state index contributed by atoms with van der Waals surface area (Å²) in [7, 11) is 1.68. The molecule has 1 aliphatic rings. The first-order valence-corrected chi connectivity index (χ1v) is 6.32. The van der Waals surface area contributed by atoms with Crippen LogP contribution in [0.25, 0.3) is 0 Å². The minimum Gasteiger partial charge on any atom is -0.383 e. The van der Waals surface area contributed by atoms with Crippen molar-refractivity contribution in [2.75, 3.05) is 26.8 Å². The second kappa shape index (κ2) is 7.49. The van der Waals surface area contributed by atoms with Crippen LogP contribution in [0.15, 0.2) is 0 Å². The second-order valence-corrected chi connectivity index (χ2v) is 4.44. The molecule has 1 unspecified atom stereocenters. The lowest BCUT2D eigenvalue weighted by molar-refractivity contribution is 0.147. The van der Waals surface area contributed by atoms with Crippen LogP contribution in [0, 0.1) is 0 Å². The molecule has 16 heavy (non-hydrogen) atoms. The summed E-state index contributed by atoms with van der Waals surface area (Å²) in [5.41, 5.74) is 0. The number of urea groups is 1. The molecule has 1 aliphatic heterocycles. The molecular weight excluding hydrogens is 204 g/mol. The van der Waals surface area contributed by atoms with Crippen molar-refractivity contribution in [2.45, 2.75) is 45.1 Å². The Morgan fingerprint density at radius 3 is 2.62 bits per heavy atom. The Morgan fingerprint density at radius 1 is 1.38 bits per heavy atom. The third-order valence-electron chi connectivity index (χ3n) is 2.98. The summed E-state index contributed by atoms with van der Waals surface area (Å²) in [6, 6.07) is 0.236. The van der Waals surface area contributed by atoms with E-state index in [2.05, 4.69) is 12.2 Å². The minimum absolute atomic E-state index is 0.0789. The number of nitrogens with zero attached hydrogens (tertiary/aromatic N) is 1. The van der Waals surface area contributed by atoms with Gasteiger partial charge in [-0.05, 0) is 25.7 Å². The van der Waals surface area contributed by atoms with Crippen molar-refractivity contribution in [1.82, 2.24) is 10.2 Å².